The highest BCUT2D eigenvalue weighted by molar-refractivity contribution is 7.89. The van der Waals surface area contributed by atoms with Gasteiger partial charge in [0.25, 0.3) is 10.0 Å². The Hall–Kier alpha value is -1.36. The molecule has 5 heteroatoms. The molecule has 0 heterocycles. The summed E-state index contributed by atoms with van der Waals surface area (Å²) in [5.74, 6) is 4.58. The number of rotatable bonds is 3. The zero-order valence-corrected chi connectivity index (χ0v) is 12.7. The van der Waals surface area contributed by atoms with Crippen molar-refractivity contribution in [2.45, 2.75) is 24.7 Å². The molecule has 110 valence electrons. The first kappa shape index (κ1) is 12.2. The van der Waals surface area contributed by atoms with E-state index in [1.165, 1.54) is 12.8 Å². The molecule has 1 unspecified atom stereocenters. The van der Waals surface area contributed by atoms with Crippen LogP contribution in [-0.2, 0) is 10.0 Å². The highest BCUT2D eigenvalue weighted by Crippen LogP contribution is 2.77. The zero-order chi connectivity index (χ0) is 14.4. The lowest BCUT2D eigenvalue weighted by molar-refractivity contribution is 0.392. The van der Waals surface area contributed by atoms with Crippen molar-refractivity contribution < 1.29 is 8.42 Å². The number of hydrogen-bond donors (Lipinski definition) is 1. The van der Waals surface area contributed by atoms with Crippen LogP contribution in [0, 0.1) is 42.4 Å². The van der Waals surface area contributed by atoms with Gasteiger partial charge in [-0.2, -0.15) is 13.5 Å². The van der Waals surface area contributed by atoms with Gasteiger partial charge in [0.2, 0.25) is 0 Å². The third kappa shape index (κ3) is 1.50. The third-order valence-electron chi connectivity index (χ3n) is 6.17. The van der Waals surface area contributed by atoms with Crippen LogP contribution >= 0.6 is 0 Å². The van der Waals surface area contributed by atoms with E-state index < -0.39 is 10.0 Å². The molecule has 1 aromatic carbocycles. The molecule has 5 rings (SSSR count). The average Bonchev–Trinajstić information content (AvgIpc) is 2.81. The summed E-state index contributed by atoms with van der Waals surface area (Å²) in [6, 6.07) is 6.89. The molecule has 4 saturated carbocycles. The van der Waals surface area contributed by atoms with E-state index in [0.717, 1.165) is 34.9 Å². The van der Waals surface area contributed by atoms with Crippen molar-refractivity contribution in [3.05, 3.63) is 29.8 Å². The van der Waals surface area contributed by atoms with E-state index >= 15 is 0 Å². The standard InChI is InChI=1S/C16H18N2O2S/c1-8-2-4-10(5-3-8)21(19,20)18-17-16-12-7-9-6-11(12)14-13(9)15(14)16/h2-5,9,11-15,18H,6-7H2,1H3/b17-16-/t9-,11+,12-,13+,14-,15?/m0/s1. The molecule has 4 nitrogen and oxygen atoms in total. The molecule has 0 radical (unpaired) electrons. The van der Waals surface area contributed by atoms with Gasteiger partial charge in [-0.15, -0.1) is 0 Å². The van der Waals surface area contributed by atoms with Crippen LogP contribution in [0.5, 0.6) is 0 Å². The van der Waals surface area contributed by atoms with E-state index in [-0.39, 0.29) is 4.90 Å². The van der Waals surface area contributed by atoms with Crippen LogP contribution in [0.25, 0.3) is 0 Å². The molecule has 0 aromatic heterocycles. The maximum atomic E-state index is 12.3. The van der Waals surface area contributed by atoms with Gasteiger partial charge in [-0.25, -0.2) is 4.83 Å². The zero-order valence-electron chi connectivity index (χ0n) is 11.9. The van der Waals surface area contributed by atoms with Crippen molar-refractivity contribution in [1.29, 1.82) is 0 Å². The lowest BCUT2D eigenvalue weighted by Crippen LogP contribution is -2.27. The number of aryl methyl sites for hydroxylation is 1. The van der Waals surface area contributed by atoms with Gasteiger partial charge < -0.3 is 0 Å². The van der Waals surface area contributed by atoms with E-state index in [4.69, 9.17) is 0 Å². The SMILES string of the molecule is Cc1ccc(S(=O)(=O)N/N=C2\C3[C@@H]4[C@H]5C[C@@H]([C@H]34)[C@@H]2C5)cc1. The molecule has 0 aliphatic heterocycles. The quantitative estimate of drug-likeness (QED) is 0.870. The summed E-state index contributed by atoms with van der Waals surface area (Å²) < 4.78 is 24.6. The fourth-order valence-corrected chi connectivity index (χ4v) is 6.22. The normalized spacial score (nSPS) is 43.6. The molecular weight excluding hydrogens is 284 g/mol. The summed E-state index contributed by atoms with van der Waals surface area (Å²) >= 11 is 0. The minimum atomic E-state index is -3.53. The van der Waals surface area contributed by atoms with E-state index in [0.29, 0.717) is 11.8 Å². The van der Waals surface area contributed by atoms with Gasteiger partial charge in [0, 0.05) is 17.5 Å². The monoisotopic (exact) mass is 302 g/mol. The first-order valence-electron chi connectivity index (χ1n) is 7.72. The lowest BCUT2D eigenvalue weighted by atomic mass is 9.84. The fourth-order valence-electron chi connectivity index (χ4n) is 5.39. The maximum absolute atomic E-state index is 12.3. The van der Waals surface area contributed by atoms with Crippen LogP contribution in [0.15, 0.2) is 34.3 Å². The van der Waals surface area contributed by atoms with Gasteiger partial charge in [0.15, 0.2) is 0 Å². The second-order valence-corrected chi connectivity index (χ2v) is 8.79. The molecular formula is C16H18N2O2S. The first-order valence-corrected chi connectivity index (χ1v) is 9.20. The number of nitrogens with zero attached hydrogens (tertiary/aromatic N) is 1. The molecule has 2 bridgehead atoms. The summed E-state index contributed by atoms with van der Waals surface area (Å²) in [5.41, 5.74) is 2.20. The Bertz CT molecular complexity index is 749. The molecule has 6 atom stereocenters. The molecule has 0 amide bonds. The van der Waals surface area contributed by atoms with Crippen LogP contribution in [0.3, 0.4) is 0 Å². The van der Waals surface area contributed by atoms with Crippen LogP contribution < -0.4 is 4.83 Å². The predicted octanol–water partition coefficient (Wildman–Crippen LogP) is 2.16. The minimum Gasteiger partial charge on any atom is -0.200 e. The van der Waals surface area contributed by atoms with Gasteiger partial charge in [-0.05, 0) is 55.6 Å². The second-order valence-electron chi connectivity index (χ2n) is 7.13. The van der Waals surface area contributed by atoms with Crippen molar-refractivity contribution in [1.82, 2.24) is 4.83 Å². The van der Waals surface area contributed by atoms with Crippen molar-refractivity contribution in [3.63, 3.8) is 0 Å². The fraction of sp³-hybridized carbons (Fsp3) is 0.562. The van der Waals surface area contributed by atoms with Crippen LogP contribution in [-0.4, -0.2) is 14.1 Å². The second kappa shape index (κ2) is 3.69. The maximum Gasteiger partial charge on any atom is 0.276 e. The Labute approximate surface area is 124 Å². The Morgan fingerprint density at radius 1 is 1.14 bits per heavy atom. The van der Waals surface area contributed by atoms with Gasteiger partial charge >= 0.3 is 0 Å². The molecule has 4 aliphatic rings. The van der Waals surface area contributed by atoms with Gasteiger partial charge in [-0.1, -0.05) is 17.7 Å². The molecule has 21 heavy (non-hydrogen) atoms. The predicted molar refractivity (Wildman–Crippen MR) is 79.1 cm³/mol. The Kier molecular flexibility index (Phi) is 2.15. The van der Waals surface area contributed by atoms with E-state index in [1.807, 2.05) is 19.1 Å². The summed E-state index contributed by atoms with van der Waals surface area (Å²) in [6.45, 7) is 1.94. The van der Waals surface area contributed by atoms with Crippen molar-refractivity contribution in [2.24, 2.45) is 40.6 Å². The van der Waals surface area contributed by atoms with Crippen molar-refractivity contribution in [3.8, 4) is 0 Å². The Morgan fingerprint density at radius 3 is 2.52 bits per heavy atom. The van der Waals surface area contributed by atoms with Crippen molar-refractivity contribution >= 4 is 15.7 Å². The van der Waals surface area contributed by atoms with Gasteiger partial charge in [0.1, 0.15) is 0 Å². The average molecular weight is 302 g/mol. The largest absolute Gasteiger partial charge is 0.276 e. The molecule has 0 saturated heterocycles. The summed E-state index contributed by atoms with van der Waals surface area (Å²) in [4.78, 5) is 2.77. The first-order chi connectivity index (χ1) is 10.1. The van der Waals surface area contributed by atoms with E-state index in [1.54, 1.807) is 12.1 Å². The Morgan fingerprint density at radius 2 is 1.90 bits per heavy atom. The highest BCUT2D eigenvalue weighted by atomic mass is 32.2. The summed E-state index contributed by atoms with van der Waals surface area (Å²) in [6.07, 6.45) is 2.60. The summed E-state index contributed by atoms with van der Waals surface area (Å²) in [5, 5.41) is 4.35. The minimum absolute atomic E-state index is 0.289. The van der Waals surface area contributed by atoms with Crippen LogP contribution in [0.2, 0.25) is 0 Å². The van der Waals surface area contributed by atoms with Gasteiger partial charge in [-0.3, -0.25) is 0 Å². The molecule has 4 aliphatic carbocycles. The highest BCUT2D eigenvalue weighted by Gasteiger charge is 2.76. The van der Waals surface area contributed by atoms with Crippen molar-refractivity contribution in [2.75, 3.05) is 0 Å². The number of benzene rings is 1. The van der Waals surface area contributed by atoms with Crippen LogP contribution in [0.4, 0.5) is 0 Å². The smallest absolute Gasteiger partial charge is 0.200 e. The van der Waals surface area contributed by atoms with E-state index in [9.17, 15) is 8.42 Å². The number of hydrazone groups is 1. The molecule has 4 fully saturated rings. The molecule has 0 spiro atoms. The van der Waals surface area contributed by atoms with Crippen LogP contribution in [0.1, 0.15) is 18.4 Å². The van der Waals surface area contributed by atoms with E-state index in [2.05, 4.69) is 9.93 Å². The topological polar surface area (TPSA) is 58.5 Å². The third-order valence-corrected chi connectivity index (χ3v) is 7.39. The van der Waals surface area contributed by atoms with Gasteiger partial charge in [0.05, 0.1) is 4.90 Å². The number of hydrogen-bond acceptors (Lipinski definition) is 3. The Balaban J connectivity index is 1.41. The lowest BCUT2D eigenvalue weighted by Gasteiger charge is -2.22. The molecule has 1 aromatic rings. The molecule has 1 N–H and O–H groups in total. The summed E-state index contributed by atoms with van der Waals surface area (Å²) in [7, 11) is -3.53. The number of sulfonamides is 1. The number of nitrogens with one attached hydrogen (secondary N) is 1. The number of fused-ring (bicyclic) bond motifs is 3.